The molecule has 1 heterocycles. The van der Waals surface area contributed by atoms with Gasteiger partial charge in [-0.05, 0) is 12.1 Å². The topological polar surface area (TPSA) is 92.3 Å². The van der Waals surface area contributed by atoms with Crippen molar-refractivity contribution < 1.29 is 14.3 Å². The third-order valence-corrected chi connectivity index (χ3v) is 4.52. The second-order valence-corrected chi connectivity index (χ2v) is 6.27. The lowest BCUT2D eigenvalue weighted by Gasteiger charge is -2.06. The summed E-state index contributed by atoms with van der Waals surface area (Å²) in [6.45, 7) is 0. The Hall–Kier alpha value is -1.87. The summed E-state index contributed by atoms with van der Waals surface area (Å²) < 4.78 is 14.2. The second kappa shape index (κ2) is 5.63. The summed E-state index contributed by atoms with van der Waals surface area (Å²) in [6.07, 6.45) is 0. The van der Waals surface area contributed by atoms with Crippen LogP contribution in [0, 0.1) is 5.82 Å². The summed E-state index contributed by atoms with van der Waals surface area (Å²) in [6, 6.07) is 2.20. The fraction of sp³-hybridized carbons (Fsp3) is 0.182. The number of aromatic nitrogens is 2. The highest BCUT2D eigenvalue weighted by Gasteiger charge is 2.16. The number of carbonyl (C=O) groups is 1. The normalized spacial score (nSPS) is 10.6. The Bertz CT molecular complexity index is 660. The lowest BCUT2D eigenvalue weighted by molar-refractivity contribution is 0.0692. The molecule has 2 rings (SSSR count). The minimum atomic E-state index is -1.35. The van der Waals surface area contributed by atoms with Crippen LogP contribution in [0.25, 0.3) is 0 Å². The van der Waals surface area contributed by atoms with E-state index in [1.807, 2.05) is 14.1 Å². The number of hydrogen-bond acceptors (Lipinski definition) is 7. The van der Waals surface area contributed by atoms with Crippen molar-refractivity contribution in [1.29, 1.82) is 0 Å². The largest absolute Gasteiger partial charge is 0.478 e. The number of aromatic carboxylic acids is 1. The van der Waals surface area contributed by atoms with Gasteiger partial charge in [-0.25, -0.2) is 9.18 Å². The monoisotopic (exact) mass is 314 g/mol. The third-order valence-electron chi connectivity index (χ3n) is 2.31. The number of carboxylic acids is 1. The number of nitrogen functional groups attached to an aromatic ring is 1. The van der Waals surface area contributed by atoms with Crippen LogP contribution in [-0.4, -0.2) is 35.4 Å². The first kappa shape index (κ1) is 14.5. The number of hydrogen-bond donors (Lipinski definition) is 2. The SMILES string of the molecule is CN(C)c1nnc(Sc2cc(F)c(C(=O)O)cc2N)s1. The van der Waals surface area contributed by atoms with E-state index in [4.69, 9.17) is 10.8 Å². The predicted octanol–water partition coefficient (Wildman–Crippen LogP) is 2.17. The van der Waals surface area contributed by atoms with E-state index in [9.17, 15) is 9.18 Å². The maximum Gasteiger partial charge on any atom is 0.338 e. The summed E-state index contributed by atoms with van der Waals surface area (Å²) in [5.74, 6) is -2.18. The van der Waals surface area contributed by atoms with Crippen LogP contribution in [-0.2, 0) is 0 Å². The molecule has 0 fully saturated rings. The number of nitrogens with zero attached hydrogens (tertiary/aromatic N) is 3. The Morgan fingerprint density at radius 1 is 1.45 bits per heavy atom. The molecule has 0 saturated carbocycles. The van der Waals surface area contributed by atoms with Crippen molar-refractivity contribution in [2.75, 3.05) is 24.7 Å². The Labute approximate surface area is 122 Å². The average molecular weight is 314 g/mol. The predicted molar refractivity (Wildman–Crippen MR) is 76.1 cm³/mol. The zero-order valence-electron chi connectivity index (χ0n) is 10.6. The van der Waals surface area contributed by atoms with Crippen molar-refractivity contribution in [3.05, 3.63) is 23.5 Å². The molecule has 0 atom stereocenters. The van der Waals surface area contributed by atoms with Gasteiger partial charge in [0, 0.05) is 24.7 Å². The number of anilines is 2. The Kier molecular flexibility index (Phi) is 4.09. The van der Waals surface area contributed by atoms with E-state index >= 15 is 0 Å². The standard InChI is InChI=1S/C11H11FN4O2S2/c1-16(2)10-14-15-11(20-10)19-8-4-6(12)5(9(17)18)3-7(8)13/h3-4H,13H2,1-2H3,(H,17,18). The highest BCUT2D eigenvalue weighted by molar-refractivity contribution is 8.01. The van der Waals surface area contributed by atoms with Gasteiger partial charge in [0.25, 0.3) is 0 Å². The number of benzene rings is 1. The van der Waals surface area contributed by atoms with Gasteiger partial charge in [-0.2, -0.15) is 0 Å². The van der Waals surface area contributed by atoms with Gasteiger partial charge in [-0.3, -0.25) is 0 Å². The van der Waals surface area contributed by atoms with E-state index in [2.05, 4.69) is 10.2 Å². The van der Waals surface area contributed by atoms with Gasteiger partial charge in [0.1, 0.15) is 5.82 Å². The molecule has 106 valence electrons. The molecule has 2 aromatic rings. The molecule has 6 nitrogen and oxygen atoms in total. The number of halogens is 1. The fourth-order valence-electron chi connectivity index (χ4n) is 1.34. The summed E-state index contributed by atoms with van der Waals surface area (Å²) >= 11 is 2.48. The van der Waals surface area contributed by atoms with Crippen LogP contribution in [0.1, 0.15) is 10.4 Å². The first-order valence-corrected chi connectivity index (χ1v) is 7.02. The molecule has 0 unspecified atom stereocenters. The van der Waals surface area contributed by atoms with E-state index in [1.54, 1.807) is 4.90 Å². The minimum Gasteiger partial charge on any atom is -0.478 e. The van der Waals surface area contributed by atoms with Crippen molar-refractivity contribution in [3.8, 4) is 0 Å². The van der Waals surface area contributed by atoms with Gasteiger partial charge in [-0.15, -0.1) is 10.2 Å². The quantitative estimate of drug-likeness (QED) is 0.835. The van der Waals surface area contributed by atoms with Gasteiger partial charge in [0.05, 0.1) is 5.56 Å². The van der Waals surface area contributed by atoms with Gasteiger partial charge < -0.3 is 15.7 Å². The van der Waals surface area contributed by atoms with Crippen molar-refractivity contribution in [2.24, 2.45) is 0 Å². The molecule has 0 aliphatic carbocycles. The zero-order chi connectivity index (χ0) is 14.9. The molecule has 9 heteroatoms. The second-order valence-electron chi connectivity index (χ2n) is 4.02. The van der Waals surface area contributed by atoms with Gasteiger partial charge >= 0.3 is 5.97 Å². The fourth-order valence-corrected chi connectivity index (χ4v) is 3.11. The third kappa shape index (κ3) is 2.99. The molecule has 1 aromatic carbocycles. The average Bonchev–Trinajstić information content (AvgIpc) is 2.81. The van der Waals surface area contributed by atoms with Gasteiger partial charge in [-0.1, -0.05) is 23.1 Å². The number of nitrogens with two attached hydrogens (primary N) is 1. The summed E-state index contributed by atoms with van der Waals surface area (Å²) in [7, 11) is 3.68. The van der Waals surface area contributed by atoms with Gasteiger partial charge in [0.15, 0.2) is 4.34 Å². The number of carboxylic acid groups (broad SMARTS) is 1. The molecule has 0 spiro atoms. The van der Waals surface area contributed by atoms with Crippen molar-refractivity contribution >= 4 is 39.9 Å². The van der Waals surface area contributed by atoms with Crippen LogP contribution in [0.4, 0.5) is 15.2 Å². The maximum absolute atomic E-state index is 13.6. The van der Waals surface area contributed by atoms with Crippen molar-refractivity contribution in [1.82, 2.24) is 10.2 Å². The molecular formula is C11H11FN4O2S2. The smallest absolute Gasteiger partial charge is 0.338 e. The summed E-state index contributed by atoms with van der Waals surface area (Å²) in [5, 5.41) is 17.4. The number of rotatable bonds is 4. The molecule has 0 bridgehead atoms. The molecule has 0 saturated heterocycles. The summed E-state index contributed by atoms with van der Waals surface area (Å²) in [4.78, 5) is 13.0. The van der Waals surface area contributed by atoms with E-state index in [1.165, 1.54) is 11.3 Å². The van der Waals surface area contributed by atoms with E-state index in [0.29, 0.717) is 14.4 Å². The molecule has 0 aliphatic rings. The lowest BCUT2D eigenvalue weighted by atomic mass is 10.2. The Morgan fingerprint density at radius 3 is 2.70 bits per heavy atom. The highest BCUT2D eigenvalue weighted by atomic mass is 32.2. The van der Waals surface area contributed by atoms with Crippen molar-refractivity contribution in [3.63, 3.8) is 0 Å². The first-order valence-electron chi connectivity index (χ1n) is 5.39. The molecular weight excluding hydrogens is 303 g/mol. The van der Waals surface area contributed by atoms with Crippen LogP contribution < -0.4 is 10.6 Å². The molecule has 1 aromatic heterocycles. The van der Waals surface area contributed by atoms with Crippen LogP contribution in [0.15, 0.2) is 21.4 Å². The molecule has 0 amide bonds. The molecule has 0 aliphatic heterocycles. The van der Waals surface area contributed by atoms with Crippen LogP contribution in [0.2, 0.25) is 0 Å². The van der Waals surface area contributed by atoms with E-state index in [-0.39, 0.29) is 5.69 Å². The molecule has 0 radical (unpaired) electrons. The minimum absolute atomic E-state index is 0.190. The molecule has 3 N–H and O–H groups in total. The molecule has 20 heavy (non-hydrogen) atoms. The lowest BCUT2D eigenvalue weighted by Crippen LogP contribution is -2.07. The van der Waals surface area contributed by atoms with E-state index < -0.39 is 17.3 Å². The highest BCUT2D eigenvalue weighted by Crippen LogP contribution is 2.36. The van der Waals surface area contributed by atoms with Crippen LogP contribution in [0.3, 0.4) is 0 Å². The Morgan fingerprint density at radius 2 is 2.15 bits per heavy atom. The van der Waals surface area contributed by atoms with Crippen LogP contribution >= 0.6 is 23.1 Å². The summed E-state index contributed by atoms with van der Waals surface area (Å²) in [5.41, 5.74) is 5.48. The van der Waals surface area contributed by atoms with Crippen molar-refractivity contribution in [2.45, 2.75) is 9.24 Å². The van der Waals surface area contributed by atoms with Gasteiger partial charge in [0.2, 0.25) is 5.13 Å². The first-order chi connectivity index (χ1) is 9.38. The van der Waals surface area contributed by atoms with Crippen LogP contribution in [0.5, 0.6) is 0 Å². The maximum atomic E-state index is 13.6. The zero-order valence-corrected chi connectivity index (χ0v) is 12.3. The Balaban J connectivity index is 2.29. The van der Waals surface area contributed by atoms with E-state index in [0.717, 1.165) is 23.9 Å².